The van der Waals surface area contributed by atoms with Gasteiger partial charge in [0.2, 0.25) is 0 Å². The van der Waals surface area contributed by atoms with E-state index in [2.05, 4.69) is 22.4 Å². The van der Waals surface area contributed by atoms with E-state index in [4.69, 9.17) is 0 Å². The number of anilines is 1. The predicted molar refractivity (Wildman–Crippen MR) is 60.7 cm³/mol. The number of nitrogens with one attached hydrogen (secondary N) is 2. The minimum Gasteiger partial charge on any atom is -0.382 e. The molecule has 0 aromatic carbocycles. The molecular formula is C11H21N3. The Morgan fingerprint density at radius 2 is 2.00 bits per heavy atom. The van der Waals surface area contributed by atoms with Gasteiger partial charge in [-0.05, 0) is 20.3 Å². The molecule has 3 heteroatoms. The summed E-state index contributed by atoms with van der Waals surface area (Å²) in [6.45, 7) is 7.37. The first-order valence-electron chi connectivity index (χ1n) is 5.51. The fraction of sp³-hybridized carbons (Fsp3) is 0.727. The van der Waals surface area contributed by atoms with E-state index in [1.807, 2.05) is 13.8 Å². The fourth-order valence-electron chi connectivity index (χ4n) is 1.58. The highest BCUT2D eigenvalue weighted by atomic mass is 15.1. The lowest BCUT2D eigenvalue weighted by Crippen LogP contribution is -2.02. The van der Waals surface area contributed by atoms with Gasteiger partial charge < -0.3 is 5.32 Å². The molecule has 2 N–H and O–H groups in total. The zero-order valence-corrected chi connectivity index (χ0v) is 9.48. The Labute approximate surface area is 86.3 Å². The van der Waals surface area contributed by atoms with Crippen molar-refractivity contribution in [1.29, 1.82) is 0 Å². The van der Waals surface area contributed by atoms with E-state index in [-0.39, 0.29) is 0 Å². The molecule has 0 amide bonds. The summed E-state index contributed by atoms with van der Waals surface area (Å²) >= 11 is 0. The first kappa shape index (κ1) is 11.1. The molecule has 0 bridgehead atoms. The number of aromatic amines is 1. The summed E-state index contributed by atoms with van der Waals surface area (Å²) < 4.78 is 0. The molecule has 1 aromatic heterocycles. The number of nitrogens with zero attached hydrogens (tertiary/aromatic N) is 1. The van der Waals surface area contributed by atoms with Crippen molar-refractivity contribution in [2.24, 2.45) is 0 Å². The number of hydrogen-bond acceptors (Lipinski definition) is 2. The van der Waals surface area contributed by atoms with E-state index in [0.29, 0.717) is 0 Å². The Morgan fingerprint density at radius 3 is 2.57 bits per heavy atom. The van der Waals surface area contributed by atoms with Crippen molar-refractivity contribution < 1.29 is 0 Å². The highest BCUT2D eigenvalue weighted by Gasteiger charge is 2.03. The van der Waals surface area contributed by atoms with Crippen LogP contribution in [0.15, 0.2) is 0 Å². The lowest BCUT2D eigenvalue weighted by Gasteiger charge is -2.05. The average Bonchev–Trinajstić information content (AvgIpc) is 2.48. The van der Waals surface area contributed by atoms with Crippen LogP contribution >= 0.6 is 0 Å². The predicted octanol–water partition coefficient (Wildman–Crippen LogP) is 3.02. The van der Waals surface area contributed by atoms with E-state index in [1.165, 1.54) is 31.4 Å². The molecule has 0 spiro atoms. The van der Waals surface area contributed by atoms with Gasteiger partial charge in [-0.1, -0.05) is 26.2 Å². The van der Waals surface area contributed by atoms with Crippen LogP contribution in [0.3, 0.4) is 0 Å². The Kier molecular flexibility index (Phi) is 4.50. The maximum atomic E-state index is 4.14. The molecule has 1 aromatic rings. The third kappa shape index (κ3) is 3.05. The van der Waals surface area contributed by atoms with Gasteiger partial charge in [0.1, 0.15) is 0 Å². The third-order valence-electron chi connectivity index (χ3n) is 2.46. The van der Waals surface area contributed by atoms with Crippen LogP contribution in [0.2, 0.25) is 0 Å². The summed E-state index contributed by atoms with van der Waals surface area (Å²) in [5, 5.41) is 10.5. The van der Waals surface area contributed by atoms with Crippen LogP contribution in [0.4, 0.5) is 5.69 Å². The molecule has 14 heavy (non-hydrogen) atoms. The van der Waals surface area contributed by atoms with Crippen LogP contribution in [0, 0.1) is 13.8 Å². The molecule has 0 saturated carbocycles. The molecule has 0 aliphatic heterocycles. The quantitative estimate of drug-likeness (QED) is 0.685. The maximum Gasteiger partial charge on any atom is 0.0825 e. The highest BCUT2D eigenvalue weighted by molar-refractivity contribution is 5.51. The molecule has 0 unspecified atom stereocenters. The normalized spacial score (nSPS) is 10.5. The summed E-state index contributed by atoms with van der Waals surface area (Å²) in [4.78, 5) is 0. The van der Waals surface area contributed by atoms with Crippen LogP contribution in [0.5, 0.6) is 0 Å². The van der Waals surface area contributed by atoms with Gasteiger partial charge in [0.05, 0.1) is 17.1 Å². The SMILES string of the molecule is CCCCCCNc1c(C)n[nH]c1C. The van der Waals surface area contributed by atoms with Crippen molar-refractivity contribution in [1.82, 2.24) is 10.2 Å². The second-order valence-electron chi connectivity index (χ2n) is 3.80. The highest BCUT2D eigenvalue weighted by Crippen LogP contribution is 2.15. The molecule has 80 valence electrons. The van der Waals surface area contributed by atoms with Crippen molar-refractivity contribution in [2.45, 2.75) is 46.5 Å². The van der Waals surface area contributed by atoms with Gasteiger partial charge in [0.25, 0.3) is 0 Å². The molecule has 1 rings (SSSR count). The maximum absolute atomic E-state index is 4.14. The molecule has 3 nitrogen and oxygen atoms in total. The second-order valence-corrected chi connectivity index (χ2v) is 3.80. The van der Waals surface area contributed by atoms with Gasteiger partial charge in [-0.25, -0.2) is 0 Å². The Hall–Kier alpha value is -0.990. The zero-order chi connectivity index (χ0) is 10.4. The number of aryl methyl sites for hydroxylation is 2. The van der Waals surface area contributed by atoms with E-state index in [0.717, 1.165) is 17.9 Å². The van der Waals surface area contributed by atoms with Crippen LogP contribution in [0.1, 0.15) is 44.0 Å². The minimum atomic E-state index is 1.06. The third-order valence-corrected chi connectivity index (χ3v) is 2.46. The summed E-state index contributed by atoms with van der Waals surface area (Å²) in [6.07, 6.45) is 5.20. The van der Waals surface area contributed by atoms with Gasteiger partial charge in [-0.2, -0.15) is 5.10 Å². The van der Waals surface area contributed by atoms with E-state index >= 15 is 0 Å². The minimum absolute atomic E-state index is 1.06. The summed E-state index contributed by atoms with van der Waals surface area (Å²) in [7, 11) is 0. The average molecular weight is 195 g/mol. The number of unbranched alkanes of at least 4 members (excludes halogenated alkanes) is 3. The van der Waals surface area contributed by atoms with E-state index in [1.54, 1.807) is 0 Å². The van der Waals surface area contributed by atoms with Crippen molar-refractivity contribution in [3.8, 4) is 0 Å². The van der Waals surface area contributed by atoms with E-state index < -0.39 is 0 Å². The first-order chi connectivity index (χ1) is 6.75. The number of H-pyrrole nitrogens is 1. The van der Waals surface area contributed by atoms with Crippen molar-refractivity contribution >= 4 is 5.69 Å². The van der Waals surface area contributed by atoms with Crippen LogP contribution in [0.25, 0.3) is 0 Å². The molecule has 0 aliphatic carbocycles. The molecule has 1 heterocycles. The van der Waals surface area contributed by atoms with Crippen molar-refractivity contribution in [3.63, 3.8) is 0 Å². The largest absolute Gasteiger partial charge is 0.382 e. The summed E-state index contributed by atoms with van der Waals surface area (Å²) in [5.74, 6) is 0. The standard InChI is InChI=1S/C11H21N3/c1-4-5-6-7-8-12-11-9(2)13-14-10(11)3/h12H,4-8H2,1-3H3,(H,13,14). The molecule has 0 radical (unpaired) electrons. The molecule has 0 fully saturated rings. The van der Waals surface area contributed by atoms with Crippen LogP contribution in [-0.4, -0.2) is 16.7 Å². The van der Waals surface area contributed by atoms with Gasteiger partial charge in [0.15, 0.2) is 0 Å². The van der Waals surface area contributed by atoms with Crippen molar-refractivity contribution in [3.05, 3.63) is 11.4 Å². The van der Waals surface area contributed by atoms with Gasteiger partial charge in [-0.15, -0.1) is 0 Å². The number of hydrogen-bond donors (Lipinski definition) is 2. The lowest BCUT2D eigenvalue weighted by molar-refractivity contribution is 0.685. The Bertz CT molecular complexity index is 246. The number of aromatic nitrogens is 2. The van der Waals surface area contributed by atoms with E-state index in [9.17, 15) is 0 Å². The lowest BCUT2D eigenvalue weighted by atomic mass is 10.2. The fourth-order valence-corrected chi connectivity index (χ4v) is 1.58. The van der Waals surface area contributed by atoms with Gasteiger partial charge in [-0.3, -0.25) is 5.10 Å². The monoisotopic (exact) mass is 195 g/mol. The smallest absolute Gasteiger partial charge is 0.0825 e. The zero-order valence-electron chi connectivity index (χ0n) is 9.48. The summed E-state index contributed by atoms with van der Waals surface area (Å²) in [6, 6.07) is 0. The Balaban J connectivity index is 2.24. The Morgan fingerprint density at radius 1 is 1.21 bits per heavy atom. The molecule has 0 saturated heterocycles. The van der Waals surface area contributed by atoms with Gasteiger partial charge >= 0.3 is 0 Å². The number of rotatable bonds is 6. The summed E-state index contributed by atoms with van der Waals surface area (Å²) in [5.41, 5.74) is 3.39. The van der Waals surface area contributed by atoms with Crippen molar-refractivity contribution in [2.75, 3.05) is 11.9 Å². The molecule has 0 atom stereocenters. The van der Waals surface area contributed by atoms with Crippen LogP contribution < -0.4 is 5.32 Å². The molecular weight excluding hydrogens is 174 g/mol. The van der Waals surface area contributed by atoms with Crippen LogP contribution in [-0.2, 0) is 0 Å². The topological polar surface area (TPSA) is 40.7 Å². The second kappa shape index (κ2) is 5.68. The van der Waals surface area contributed by atoms with Gasteiger partial charge in [0, 0.05) is 6.54 Å². The first-order valence-corrected chi connectivity index (χ1v) is 5.51. The molecule has 0 aliphatic rings.